The number of nitrogens with zero attached hydrogens (tertiary/aromatic N) is 2. The van der Waals surface area contributed by atoms with Gasteiger partial charge in [-0.05, 0) is 80.3 Å². The van der Waals surface area contributed by atoms with Crippen LogP contribution in [-0.4, -0.2) is 35.2 Å². The number of rotatable bonds is 13. The Morgan fingerprint density at radius 1 is 0.973 bits per heavy atom. The molecule has 6 nitrogen and oxygen atoms in total. The van der Waals surface area contributed by atoms with E-state index in [2.05, 4.69) is 60.1 Å². The number of imidazole rings is 1. The van der Waals surface area contributed by atoms with Crippen molar-refractivity contribution >= 4 is 28.5 Å². The minimum absolute atomic E-state index is 0.00416. The van der Waals surface area contributed by atoms with E-state index in [1.807, 2.05) is 6.07 Å². The van der Waals surface area contributed by atoms with E-state index < -0.39 is 0 Å². The fraction of sp³-hybridized carbons (Fsp3) is 0.333. The van der Waals surface area contributed by atoms with Gasteiger partial charge in [-0.15, -0.1) is 0 Å². The maximum atomic E-state index is 12.0. The lowest BCUT2D eigenvalue weighted by molar-refractivity contribution is -0.123. The Bertz CT molecular complexity index is 1320. The standard InChI is InChI=1S/C30H34ClN3O3/c1-22-11-12-23(2)28(20-22)36-19-18-34-27-9-6-5-8-26(27)33-29(34)10-4-3-7-17-32-30(35)21-37-25-15-13-24(31)14-16-25/h5-6,8-9,11-16,20H,3-4,7,10,17-19,21H2,1-2H3,(H,32,35). The predicted octanol–water partition coefficient (Wildman–Crippen LogP) is 6.29. The summed E-state index contributed by atoms with van der Waals surface area (Å²) in [6.45, 7) is 6.10. The maximum Gasteiger partial charge on any atom is 0.257 e. The fourth-order valence-electron chi connectivity index (χ4n) is 4.22. The Balaban J connectivity index is 1.21. The topological polar surface area (TPSA) is 65.4 Å². The molecule has 0 aliphatic carbocycles. The lowest BCUT2D eigenvalue weighted by Crippen LogP contribution is -2.29. The quantitative estimate of drug-likeness (QED) is 0.211. The van der Waals surface area contributed by atoms with Gasteiger partial charge in [-0.3, -0.25) is 4.79 Å². The zero-order valence-electron chi connectivity index (χ0n) is 21.5. The summed E-state index contributed by atoms with van der Waals surface area (Å²) in [5.41, 5.74) is 4.48. The van der Waals surface area contributed by atoms with Crippen molar-refractivity contribution in [3.05, 3.63) is 88.7 Å². The number of aromatic nitrogens is 2. The van der Waals surface area contributed by atoms with Crippen LogP contribution in [0.15, 0.2) is 66.7 Å². The van der Waals surface area contributed by atoms with Gasteiger partial charge in [0.15, 0.2) is 6.61 Å². The minimum atomic E-state index is -0.124. The van der Waals surface area contributed by atoms with Crippen LogP contribution in [0.25, 0.3) is 11.0 Å². The van der Waals surface area contributed by atoms with Gasteiger partial charge in [0.1, 0.15) is 23.9 Å². The van der Waals surface area contributed by atoms with Crippen molar-refractivity contribution in [3.8, 4) is 11.5 Å². The third-order valence-electron chi connectivity index (χ3n) is 6.23. The first kappa shape index (κ1) is 26.6. The van der Waals surface area contributed by atoms with E-state index >= 15 is 0 Å². The number of amides is 1. The van der Waals surface area contributed by atoms with Gasteiger partial charge in [0, 0.05) is 18.0 Å². The summed E-state index contributed by atoms with van der Waals surface area (Å²) >= 11 is 5.86. The normalized spacial score (nSPS) is 11.0. The molecular weight excluding hydrogens is 486 g/mol. The van der Waals surface area contributed by atoms with E-state index in [1.54, 1.807) is 24.3 Å². The number of ether oxygens (including phenoxy) is 2. The van der Waals surface area contributed by atoms with E-state index in [0.717, 1.165) is 60.4 Å². The zero-order chi connectivity index (χ0) is 26.0. The van der Waals surface area contributed by atoms with Crippen LogP contribution in [-0.2, 0) is 17.8 Å². The summed E-state index contributed by atoms with van der Waals surface area (Å²) < 4.78 is 13.9. The second kappa shape index (κ2) is 13.2. The molecule has 0 spiro atoms. The first-order chi connectivity index (χ1) is 18.0. The van der Waals surface area contributed by atoms with Crippen LogP contribution in [0.4, 0.5) is 0 Å². The molecule has 7 heteroatoms. The Morgan fingerprint density at radius 2 is 1.78 bits per heavy atom. The molecule has 4 rings (SSSR count). The molecule has 1 aromatic heterocycles. The molecule has 1 N–H and O–H groups in total. The lowest BCUT2D eigenvalue weighted by atomic mass is 10.1. The second-order valence-corrected chi connectivity index (χ2v) is 9.63. The average molecular weight is 520 g/mol. The first-order valence-corrected chi connectivity index (χ1v) is 13.2. The molecule has 0 fully saturated rings. The molecule has 0 aliphatic rings. The number of fused-ring (bicyclic) bond motifs is 1. The Hall–Kier alpha value is -3.51. The van der Waals surface area contributed by atoms with E-state index in [0.29, 0.717) is 23.9 Å². The molecule has 1 heterocycles. The highest BCUT2D eigenvalue weighted by Crippen LogP contribution is 2.21. The summed E-state index contributed by atoms with van der Waals surface area (Å²) in [7, 11) is 0. The largest absolute Gasteiger partial charge is 0.491 e. The molecular formula is C30H34ClN3O3. The van der Waals surface area contributed by atoms with Crippen LogP contribution in [0.1, 0.15) is 36.2 Å². The van der Waals surface area contributed by atoms with Crippen LogP contribution in [0.3, 0.4) is 0 Å². The Morgan fingerprint density at radius 3 is 2.62 bits per heavy atom. The number of hydrogen-bond donors (Lipinski definition) is 1. The number of para-hydroxylation sites is 2. The summed E-state index contributed by atoms with van der Waals surface area (Å²) in [4.78, 5) is 16.9. The van der Waals surface area contributed by atoms with Crippen molar-refractivity contribution in [2.45, 2.75) is 46.1 Å². The summed E-state index contributed by atoms with van der Waals surface area (Å²) in [6.07, 6.45) is 3.78. The average Bonchev–Trinajstić information content (AvgIpc) is 3.25. The number of nitrogens with one attached hydrogen (secondary N) is 1. The molecule has 1 amide bonds. The van der Waals surface area contributed by atoms with Crippen LogP contribution < -0.4 is 14.8 Å². The molecule has 37 heavy (non-hydrogen) atoms. The van der Waals surface area contributed by atoms with Crippen LogP contribution >= 0.6 is 11.6 Å². The molecule has 0 unspecified atom stereocenters. The van der Waals surface area contributed by atoms with Gasteiger partial charge in [-0.1, -0.05) is 42.3 Å². The number of carbonyl (C=O) groups is 1. The fourth-order valence-corrected chi connectivity index (χ4v) is 4.34. The van der Waals surface area contributed by atoms with Gasteiger partial charge in [0.2, 0.25) is 0 Å². The van der Waals surface area contributed by atoms with Crippen LogP contribution in [0, 0.1) is 13.8 Å². The number of hydrogen-bond acceptors (Lipinski definition) is 4. The van der Waals surface area contributed by atoms with Crippen molar-refractivity contribution < 1.29 is 14.3 Å². The molecule has 3 aromatic carbocycles. The van der Waals surface area contributed by atoms with Gasteiger partial charge in [-0.25, -0.2) is 4.98 Å². The smallest absolute Gasteiger partial charge is 0.257 e. The van der Waals surface area contributed by atoms with Crippen molar-refractivity contribution in [1.82, 2.24) is 14.9 Å². The summed E-state index contributed by atoms with van der Waals surface area (Å²) in [5.74, 6) is 2.51. The third-order valence-corrected chi connectivity index (χ3v) is 6.48. The number of aryl methyl sites for hydroxylation is 3. The minimum Gasteiger partial charge on any atom is -0.491 e. The molecule has 0 bridgehead atoms. The molecule has 0 saturated heterocycles. The van der Waals surface area contributed by atoms with Gasteiger partial charge in [0.05, 0.1) is 17.6 Å². The van der Waals surface area contributed by atoms with E-state index in [4.69, 9.17) is 26.1 Å². The molecule has 0 aliphatic heterocycles. The highest BCUT2D eigenvalue weighted by Gasteiger charge is 2.11. The molecule has 0 saturated carbocycles. The van der Waals surface area contributed by atoms with Crippen molar-refractivity contribution in [2.75, 3.05) is 19.8 Å². The van der Waals surface area contributed by atoms with Gasteiger partial charge in [0.25, 0.3) is 5.91 Å². The first-order valence-electron chi connectivity index (χ1n) is 12.8. The van der Waals surface area contributed by atoms with Gasteiger partial charge in [-0.2, -0.15) is 0 Å². The molecule has 0 atom stereocenters. The van der Waals surface area contributed by atoms with E-state index in [-0.39, 0.29) is 12.5 Å². The molecule has 0 radical (unpaired) electrons. The van der Waals surface area contributed by atoms with E-state index in [9.17, 15) is 4.79 Å². The molecule has 4 aromatic rings. The third kappa shape index (κ3) is 7.73. The van der Waals surface area contributed by atoms with Crippen molar-refractivity contribution in [1.29, 1.82) is 0 Å². The number of carbonyl (C=O) groups excluding carboxylic acids is 1. The van der Waals surface area contributed by atoms with E-state index in [1.165, 1.54) is 5.56 Å². The van der Waals surface area contributed by atoms with Gasteiger partial charge >= 0.3 is 0 Å². The van der Waals surface area contributed by atoms with Crippen molar-refractivity contribution in [2.24, 2.45) is 0 Å². The predicted molar refractivity (Wildman–Crippen MR) is 149 cm³/mol. The number of halogens is 1. The summed E-state index contributed by atoms with van der Waals surface area (Å²) in [5, 5.41) is 3.56. The van der Waals surface area contributed by atoms with Crippen LogP contribution in [0.5, 0.6) is 11.5 Å². The Kier molecular flexibility index (Phi) is 9.44. The zero-order valence-corrected chi connectivity index (χ0v) is 22.3. The number of benzene rings is 3. The summed E-state index contributed by atoms with van der Waals surface area (Å²) in [6, 6.07) is 21.5. The SMILES string of the molecule is Cc1ccc(C)c(OCCn2c(CCCCCNC(=O)COc3ccc(Cl)cc3)nc3ccccc32)c1. The van der Waals surface area contributed by atoms with Gasteiger partial charge < -0.3 is 19.4 Å². The second-order valence-electron chi connectivity index (χ2n) is 9.19. The highest BCUT2D eigenvalue weighted by atomic mass is 35.5. The van der Waals surface area contributed by atoms with Crippen LogP contribution in [0.2, 0.25) is 5.02 Å². The Labute approximate surface area is 223 Å². The highest BCUT2D eigenvalue weighted by molar-refractivity contribution is 6.30. The maximum absolute atomic E-state index is 12.0. The lowest BCUT2D eigenvalue weighted by Gasteiger charge is -2.13. The monoisotopic (exact) mass is 519 g/mol. The number of unbranched alkanes of at least 4 members (excludes halogenated alkanes) is 2. The van der Waals surface area contributed by atoms with Crippen molar-refractivity contribution in [3.63, 3.8) is 0 Å². The molecule has 194 valence electrons.